The summed E-state index contributed by atoms with van der Waals surface area (Å²) in [7, 11) is 0. The highest BCUT2D eigenvalue weighted by molar-refractivity contribution is 5.71. The van der Waals surface area contributed by atoms with Crippen molar-refractivity contribution in [3.63, 3.8) is 0 Å². The van der Waals surface area contributed by atoms with E-state index < -0.39 is 6.10 Å². The van der Waals surface area contributed by atoms with Crippen molar-refractivity contribution in [2.45, 2.75) is 316 Å². The van der Waals surface area contributed by atoms with E-state index in [9.17, 15) is 14.4 Å². The maximum atomic E-state index is 12.8. The molecule has 0 aliphatic heterocycles. The Labute approximate surface area is 380 Å². The third kappa shape index (κ3) is 47.7. The molecule has 0 aliphatic rings. The van der Waals surface area contributed by atoms with Crippen LogP contribution in [0, 0.1) is 5.92 Å². The molecule has 0 fully saturated rings. The molecule has 0 radical (unpaired) electrons. The fourth-order valence-corrected chi connectivity index (χ4v) is 8.36. The topological polar surface area (TPSA) is 78.9 Å². The zero-order valence-corrected chi connectivity index (χ0v) is 41.6. The second-order valence-corrected chi connectivity index (χ2v) is 19.1. The van der Waals surface area contributed by atoms with E-state index in [1.54, 1.807) is 0 Å². The van der Waals surface area contributed by atoms with Crippen molar-refractivity contribution in [1.29, 1.82) is 0 Å². The van der Waals surface area contributed by atoms with E-state index in [0.717, 1.165) is 63.7 Å². The summed E-state index contributed by atoms with van der Waals surface area (Å²) in [6.07, 6.45) is 52.4. The SMILES string of the molecule is CCCCCCCCCCCCCCCCCCCCCC(=O)OC[C@H](COC(=O)CCCCCCCCCCCCCCCC)OC(=O)CCCCCCCCC(C)CC. The number of hydrogen-bond acceptors (Lipinski definition) is 6. The van der Waals surface area contributed by atoms with Crippen LogP contribution >= 0.6 is 0 Å². The normalized spacial score (nSPS) is 12.4. The smallest absolute Gasteiger partial charge is 0.306 e. The molecule has 0 N–H and O–H groups in total. The van der Waals surface area contributed by atoms with Gasteiger partial charge in [0.25, 0.3) is 0 Å². The molecule has 362 valence electrons. The number of carbonyl (C=O) groups excluding carboxylic acids is 3. The summed E-state index contributed by atoms with van der Waals surface area (Å²) in [6, 6.07) is 0. The second kappa shape index (κ2) is 49.4. The van der Waals surface area contributed by atoms with Gasteiger partial charge < -0.3 is 14.2 Å². The Morgan fingerprint density at radius 2 is 0.574 bits per heavy atom. The third-order valence-electron chi connectivity index (χ3n) is 12.9. The Morgan fingerprint density at radius 1 is 0.328 bits per heavy atom. The van der Waals surface area contributed by atoms with E-state index >= 15 is 0 Å². The van der Waals surface area contributed by atoms with Crippen LogP contribution in [0.4, 0.5) is 0 Å². The Kier molecular flexibility index (Phi) is 48.1. The van der Waals surface area contributed by atoms with Crippen LogP contribution in [-0.4, -0.2) is 37.2 Å². The molecule has 1 unspecified atom stereocenters. The molecule has 0 aromatic heterocycles. The summed E-state index contributed by atoms with van der Waals surface area (Å²) >= 11 is 0. The zero-order chi connectivity index (χ0) is 44.5. The first-order valence-electron chi connectivity index (χ1n) is 27.4. The monoisotopic (exact) mass is 863 g/mol. The Morgan fingerprint density at radius 3 is 0.852 bits per heavy atom. The molecule has 0 bridgehead atoms. The van der Waals surface area contributed by atoms with Crippen LogP contribution in [0.3, 0.4) is 0 Å². The molecule has 6 heteroatoms. The lowest BCUT2D eigenvalue weighted by molar-refractivity contribution is -0.167. The van der Waals surface area contributed by atoms with Crippen molar-refractivity contribution in [1.82, 2.24) is 0 Å². The second-order valence-electron chi connectivity index (χ2n) is 19.1. The van der Waals surface area contributed by atoms with Gasteiger partial charge in [-0.05, 0) is 25.2 Å². The van der Waals surface area contributed by atoms with Gasteiger partial charge in [-0.25, -0.2) is 0 Å². The van der Waals surface area contributed by atoms with E-state index in [-0.39, 0.29) is 31.1 Å². The molecular formula is C55H106O6. The summed E-state index contributed by atoms with van der Waals surface area (Å²) in [5.41, 5.74) is 0. The summed E-state index contributed by atoms with van der Waals surface area (Å²) < 4.78 is 16.8. The number of ether oxygens (including phenoxy) is 3. The van der Waals surface area contributed by atoms with Gasteiger partial charge in [0.05, 0.1) is 0 Å². The molecule has 61 heavy (non-hydrogen) atoms. The van der Waals surface area contributed by atoms with Crippen LogP contribution < -0.4 is 0 Å². The molecule has 0 spiro atoms. The van der Waals surface area contributed by atoms with Crippen molar-refractivity contribution in [2.75, 3.05) is 13.2 Å². The van der Waals surface area contributed by atoms with Crippen LogP contribution in [0.25, 0.3) is 0 Å². The average molecular weight is 863 g/mol. The van der Waals surface area contributed by atoms with Gasteiger partial charge in [-0.3, -0.25) is 14.4 Å². The first-order chi connectivity index (χ1) is 29.9. The van der Waals surface area contributed by atoms with Crippen molar-refractivity contribution in [2.24, 2.45) is 5.92 Å². The van der Waals surface area contributed by atoms with Crippen molar-refractivity contribution in [3.8, 4) is 0 Å². The quantitative estimate of drug-likeness (QED) is 0.0344. The molecule has 0 aromatic carbocycles. The molecule has 2 atom stereocenters. The van der Waals surface area contributed by atoms with E-state index in [0.29, 0.717) is 19.3 Å². The van der Waals surface area contributed by atoms with Crippen LogP contribution in [0.15, 0.2) is 0 Å². The van der Waals surface area contributed by atoms with E-state index in [1.165, 1.54) is 205 Å². The van der Waals surface area contributed by atoms with Crippen LogP contribution in [0.5, 0.6) is 0 Å². The molecule has 6 nitrogen and oxygen atoms in total. The van der Waals surface area contributed by atoms with Gasteiger partial charge in [0, 0.05) is 19.3 Å². The first-order valence-corrected chi connectivity index (χ1v) is 27.4. The largest absolute Gasteiger partial charge is 0.462 e. The van der Waals surface area contributed by atoms with Crippen LogP contribution in [0.2, 0.25) is 0 Å². The minimum Gasteiger partial charge on any atom is -0.462 e. The van der Waals surface area contributed by atoms with Crippen LogP contribution in [0.1, 0.15) is 310 Å². The van der Waals surface area contributed by atoms with Gasteiger partial charge >= 0.3 is 17.9 Å². The van der Waals surface area contributed by atoms with E-state index in [2.05, 4.69) is 27.7 Å². The third-order valence-corrected chi connectivity index (χ3v) is 12.9. The maximum Gasteiger partial charge on any atom is 0.306 e. The van der Waals surface area contributed by atoms with Gasteiger partial charge in [0.1, 0.15) is 13.2 Å². The molecule has 0 amide bonds. The molecule has 0 heterocycles. The summed E-state index contributed by atoms with van der Waals surface area (Å²) in [6.45, 7) is 9.01. The minimum absolute atomic E-state index is 0.0635. The Bertz CT molecular complexity index is 920. The van der Waals surface area contributed by atoms with E-state index in [1.807, 2.05) is 0 Å². The number of unbranched alkanes of at least 4 members (excludes halogenated alkanes) is 36. The van der Waals surface area contributed by atoms with Gasteiger partial charge in [-0.15, -0.1) is 0 Å². The van der Waals surface area contributed by atoms with Crippen molar-refractivity contribution in [3.05, 3.63) is 0 Å². The van der Waals surface area contributed by atoms with Crippen molar-refractivity contribution < 1.29 is 28.6 Å². The highest BCUT2D eigenvalue weighted by Gasteiger charge is 2.19. The lowest BCUT2D eigenvalue weighted by Crippen LogP contribution is -2.30. The molecule has 0 aliphatic carbocycles. The number of hydrogen-bond donors (Lipinski definition) is 0. The lowest BCUT2D eigenvalue weighted by Gasteiger charge is -2.18. The zero-order valence-electron chi connectivity index (χ0n) is 41.6. The average Bonchev–Trinajstić information content (AvgIpc) is 3.26. The Balaban J connectivity index is 4.22. The van der Waals surface area contributed by atoms with Crippen molar-refractivity contribution >= 4 is 17.9 Å². The van der Waals surface area contributed by atoms with Gasteiger partial charge in [-0.1, -0.05) is 272 Å². The number of carbonyl (C=O) groups is 3. The maximum absolute atomic E-state index is 12.8. The van der Waals surface area contributed by atoms with Gasteiger partial charge in [-0.2, -0.15) is 0 Å². The summed E-state index contributed by atoms with van der Waals surface area (Å²) in [4.78, 5) is 38.0. The molecule has 0 saturated heterocycles. The number of esters is 3. The predicted molar refractivity (Wildman–Crippen MR) is 261 cm³/mol. The summed E-state index contributed by atoms with van der Waals surface area (Å²) in [5.74, 6) is -0.0350. The molecule has 0 aromatic rings. The minimum atomic E-state index is -0.762. The highest BCUT2D eigenvalue weighted by atomic mass is 16.6. The van der Waals surface area contributed by atoms with E-state index in [4.69, 9.17) is 14.2 Å². The predicted octanol–water partition coefficient (Wildman–Crippen LogP) is 17.8. The highest BCUT2D eigenvalue weighted by Crippen LogP contribution is 2.18. The summed E-state index contributed by atoms with van der Waals surface area (Å²) in [5, 5.41) is 0. The Hall–Kier alpha value is -1.59. The number of rotatable bonds is 50. The lowest BCUT2D eigenvalue weighted by atomic mass is 10.00. The fourth-order valence-electron chi connectivity index (χ4n) is 8.36. The standard InChI is InChI=1S/C55H106O6/c1-5-8-10-12-14-16-18-20-22-23-24-25-26-28-30-32-34-39-43-47-54(57)60-50-52(61-55(58)48-44-40-36-35-37-41-45-51(4)7-3)49-59-53(56)46-42-38-33-31-29-27-21-19-17-15-13-11-9-6-2/h51-52H,5-50H2,1-4H3/t51?,52-/m0/s1. The molecule has 0 saturated carbocycles. The molecular weight excluding hydrogens is 757 g/mol. The first kappa shape index (κ1) is 59.4. The van der Waals surface area contributed by atoms with Gasteiger partial charge in [0.15, 0.2) is 6.10 Å². The molecule has 0 rings (SSSR count). The fraction of sp³-hybridized carbons (Fsp3) is 0.945. The van der Waals surface area contributed by atoms with Gasteiger partial charge in [0.2, 0.25) is 0 Å². The van der Waals surface area contributed by atoms with Crippen LogP contribution in [-0.2, 0) is 28.6 Å².